The Kier molecular flexibility index (Phi) is 11.0. The number of halogens is 2. The van der Waals surface area contributed by atoms with Crippen molar-refractivity contribution in [3.63, 3.8) is 0 Å². The summed E-state index contributed by atoms with van der Waals surface area (Å²) in [5.41, 5.74) is 4.71. The SMILES string of the molecule is CCC(C)c1ccc2c(NC)nc(=O)n(-c3ccc(Nc4nc(=O)n(-c5ccc(OC6CN(c7nc(=O)n(-c8ccccc8)c8nc(C)ccc78)C6)cc5)c5cc(Cl)cc(Cl)c45)cc3)c2c1. The van der Waals surface area contributed by atoms with Crippen LogP contribution in [0.25, 0.3) is 49.9 Å². The van der Waals surface area contributed by atoms with E-state index >= 15 is 0 Å². The number of aromatic nitrogens is 7. The fourth-order valence-corrected chi connectivity index (χ4v) is 9.03. The Balaban J connectivity index is 0.896. The number of rotatable bonds is 11. The first-order valence-electron chi connectivity index (χ1n) is 21.5. The quantitative estimate of drug-likeness (QED) is 0.128. The highest BCUT2D eigenvalue weighted by Gasteiger charge is 2.32. The van der Waals surface area contributed by atoms with Gasteiger partial charge >= 0.3 is 17.1 Å². The molecule has 0 aliphatic carbocycles. The number of hydrogen-bond donors (Lipinski definition) is 2. The highest BCUT2D eigenvalue weighted by atomic mass is 35.5. The van der Waals surface area contributed by atoms with Crippen molar-refractivity contribution in [2.24, 2.45) is 0 Å². The van der Waals surface area contributed by atoms with Crippen LogP contribution in [0.3, 0.4) is 0 Å². The van der Waals surface area contributed by atoms with E-state index in [9.17, 15) is 14.4 Å². The number of pyridine rings is 1. The average Bonchev–Trinajstić information content (AvgIpc) is 3.29. The minimum Gasteiger partial charge on any atom is -0.487 e. The Hall–Kier alpha value is -7.55. The van der Waals surface area contributed by atoms with Crippen LogP contribution < -0.4 is 37.3 Å². The molecule has 0 bridgehead atoms. The second-order valence-corrected chi connectivity index (χ2v) is 17.1. The predicted molar refractivity (Wildman–Crippen MR) is 263 cm³/mol. The molecule has 1 saturated heterocycles. The van der Waals surface area contributed by atoms with Crippen LogP contribution in [0.15, 0.2) is 136 Å². The van der Waals surface area contributed by atoms with Gasteiger partial charge in [0.15, 0.2) is 5.65 Å². The van der Waals surface area contributed by atoms with Crippen molar-refractivity contribution in [1.82, 2.24) is 33.6 Å². The van der Waals surface area contributed by atoms with Crippen LogP contribution in [0.1, 0.15) is 37.4 Å². The van der Waals surface area contributed by atoms with Crippen molar-refractivity contribution in [2.45, 2.75) is 39.2 Å². The molecule has 0 amide bonds. The van der Waals surface area contributed by atoms with Crippen LogP contribution in [0.2, 0.25) is 10.0 Å². The van der Waals surface area contributed by atoms with E-state index in [-0.39, 0.29) is 11.9 Å². The van der Waals surface area contributed by atoms with Crippen LogP contribution in [0, 0.1) is 6.92 Å². The number of benzene rings is 5. The molecule has 5 heterocycles. The maximum absolute atomic E-state index is 13.9. The zero-order chi connectivity index (χ0) is 45.8. The zero-order valence-corrected chi connectivity index (χ0v) is 37.8. The van der Waals surface area contributed by atoms with E-state index in [1.807, 2.05) is 72.5 Å². The highest BCUT2D eigenvalue weighted by Crippen LogP contribution is 2.35. The Bertz CT molecular complexity index is 3540. The molecule has 5 aromatic carbocycles. The molecule has 1 aliphatic heterocycles. The van der Waals surface area contributed by atoms with E-state index in [4.69, 9.17) is 32.9 Å². The molecular formula is C50H42Cl2N10O4. The molecule has 16 heteroatoms. The molecule has 10 rings (SSSR count). The minimum atomic E-state index is -0.562. The average molecular weight is 918 g/mol. The first kappa shape index (κ1) is 42.4. The summed E-state index contributed by atoms with van der Waals surface area (Å²) >= 11 is 13.4. The van der Waals surface area contributed by atoms with Gasteiger partial charge in [-0.1, -0.05) is 61.3 Å². The minimum absolute atomic E-state index is 0.178. The summed E-state index contributed by atoms with van der Waals surface area (Å²) in [6, 6.07) is 37.0. The lowest BCUT2D eigenvalue weighted by atomic mass is 9.97. The zero-order valence-electron chi connectivity index (χ0n) is 36.3. The van der Waals surface area contributed by atoms with Crippen LogP contribution in [-0.2, 0) is 0 Å². The number of ether oxygens (including phenoxy) is 1. The number of aryl methyl sites for hydroxylation is 1. The summed E-state index contributed by atoms with van der Waals surface area (Å²) in [6.45, 7) is 7.20. The third-order valence-electron chi connectivity index (χ3n) is 12.1. The van der Waals surface area contributed by atoms with Crippen molar-refractivity contribution < 1.29 is 4.74 Å². The molecule has 4 aromatic heterocycles. The summed E-state index contributed by atoms with van der Waals surface area (Å²) in [5, 5.41) is 9.04. The summed E-state index contributed by atoms with van der Waals surface area (Å²) in [7, 11) is 1.75. The fourth-order valence-electron chi connectivity index (χ4n) is 8.45. The molecule has 1 aliphatic rings. The van der Waals surface area contributed by atoms with Gasteiger partial charge in [0.2, 0.25) is 0 Å². The van der Waals surface area contributed by atoms with E-state index in [0.717, 1.165) is 34.0 Å². The molecule has 2 N–H and O–H groups in total. The maximum atomic E-state index is 13.9. The molecule has 1 fully saturated rings. The van der Waals surface area contributed by atoms with Gasteiger partial charge in [-0.05, 0) is 122 Å². The van der Waals surface area contributed by atoms with Crippen LogP contribution >= 0.6 is 23.2 Å². The molecule has 0 radical (unpaired) electrons. The molecule has 1 unspecified atom stereocenters. The third kappa shape index (κ3) is 7.67. The number of para-hydroxylation sites is 1. The normalized spacial score (nSPS) is 13.3. The van der Waals surface area contributed by atoms with Crippen LogP contribution in [0.4, 0.5) is 23.1 Å². The van der Waals surface area contributed by atoms with E-state index in [1.165, 1.54) is 9.13 Å². The smallest absolute Gasteiger partial charge is 0.355 e. The van der Waals surface area contributed by atoms with E-state index < -0.39 is 17.1 Å². The molecule has 9 aromatic rings. The first-order chi connectivity index (χ1) is 32.0. The molecular weight excluding hydrogens is 876 g/mol. The highest BCUT2D eigenvalue weighted by molar-refractivity contribution is 6.39. The molecule has 1 atom stereocenters. The second-order valence-electron chi connectivity index (χ2n) is 16.3. The van der Waals surface area contributed by atoms with Crippen molar-refractivity contribution in [3.8, 4) is 22.8 Å². The lowest BCUT2D eigenvalue weighted by Gasteiger charge is -2.40. The summed E-state index contributed by atoms with van der Waals surface area (Å²) in [4.78, 5) is 60.9. The van der Waals surface area contributed by atoms with Gasteiger partial charge in [0.25, 0.3) is 0 Å². The van der Waals surface area contributed by atoms with Gasteiger partial charge in [0, 0.05) is 28.8 Å². The first-order valence-corrected chi connectivity index (χ1v) is 22.2. The number of nitrogens with one attached hydrogen (secondary N) is 2. The lowest BCUT2D eigenvalue weighted by molar-refractivity contribution is 0.167. The molecule has 330 valence electrons. The molecule has 66 heavy (non-hydrogen) atoms. The Morgan fingerprint density at radius 1 is 0.697 bits per heavy atom. The Morgan fingerprint density at radius 2 is 1.33 bits per heavy atom. The lowest BCUT2D eigenvalue weighted by Crippen LogP contribution is -2.54. The van der Waals surface area contributed by atoms with Gasteiger partial charge < -0.3 is 20.3 Å². The Morgan fingerprint density at radius 3 is 2.03 bits per heavy atom. The van der Waals surface area contributed by atoms with Gasteiger partial charge in [0.1, 0.15) is 29.3 Å². The monoisotopic (exact) mass is 916 g/mol. The van der Waals surface area contributed by atoms with Gasteiger partial charge in [-0.25, -0.2) is 23.9 Å². The summed E-state index contributed by atoms with van der Waals surface area (Å²) in [5.74, 6) is 2.22. The van der Waals surface area contributed by atoms with Crippen LogP contribution in [-0.4, -0.2) is 59.9 Å². The Labute approximate surface area is 387 Å². The fraction of sp³-hybridized carbons (Fsp3) is 0.180. The standard InChI is InChI=1S/C50H42Cl2N10O4/c1-5-28(2)30-12-22-38-41(23-30)60(48(63)56-44(38)53-4)34-15-13-32(14-16-34)55-45-43-40(52)24-31(51)25-42(43)61(49(64)57-45)35-17-19-36(20-18-35)66-37-26-59(27-37)46-39-21-11-29(3)54-47(39)62(50(65)58-46)33-9-7-6-8-10-33/h6-25,28,37H,5,26-27H2,1-4H3,(H,53,56,63)(H,55,57,64). The molecule has 14 nitrogen and oxygen atoms in total. The second kappa shape index (κ2) is 17.1. The van der Waals surface area contributed by atoms with Gasteiger partial charge in [-0.15, -0.1) is 0 Å². The number of nitrogens with zero attached hydrogens (tertiary/aromatic N) is 8. The van der Waals surface area contributed by atoms with Gasteiger partial charge in [-0.2, -0.15) is 15.0 Å². The largest absolute Gasteiger partial charge is 0.487 e. The topological polar surface area (TPSA) is 154 Å². The van der Waals surface area contributed by atoms with Crippen molar-refractivity contribution in [3.05, 3.63) is 174 Å². The summed E-state index contributed by atoms with van der Waals surface area (Å²) in [6.07, 6.45) is 0.780. The van der Waals surface area contributed by atoms with E-state index in [0.29, 0.717) is 85.7 Å². The van der Waals surface area contributed by atoms with Gasteiger partial charge in [0.05, 0.1) is 57.0 Å². The third-order valence-corrected chi connectivity index (χ3v) is 12.6. The van der Waals surface area contributed by atoms with Crippen LogP contribution in [0.5, 0.6) is 5.75 Å². The predicted octanol–water partition coefficient (Wildman–Crippen LogP) is 9.36. The van der Waals surface area contributed by atoms with E-state index in [1.54, 1.807) is 60.1 Å². The van der Waals surface area contributed by atoms with Crippen molar-refractivity contribution in [1.29, 1.82) is 0 Å². The number of fused-ring (bicyclic) bond motifs is 3. The van der Waals surface area contributed by atoms with Crippen molar-refractivity contribution >= 4 is 79.2 Å². The molecule has 0 saturated carbocycles. The summed E-state index contributed by atoms with van der Waals surface area (Å²) < 4.78 is 10.9. The van der Waals surface area contributed by atoms with E-state index in [2.05, 4.69) is 51.6 Å². The maximum Gasteiger partial charge on any atom is 0.355 e. The number of hydrogen-bond acceptors (Lipinski definition) is 11. The number of anilines is 4. The van der Waals surface area contributed by atoms with Crippen molar-refractivity contribution in [2.75, 3.05) is 35.7 Å². The molecule has 0 spiro atoms. The van der Waals surface area contributed by atoms with Gasteiger partial charge in [-0.3, -0.25) is 9.13 Å².